The first-order chi connectivity index (χ1) is 16.6. The molecule has 8 heteroatoms. The summed E-state index contributed by atoms with van der Waals surface area (Å²) >= 11 is 6.02. The quantitative estimate of drug-likeness (QED) is 0.625. The number of hydrogen-bond acceptors (Lipinski definition) is 6. The Kier molecular flexibility index (Phi) is 6.94. The molecule has 3 aliphatic rings. The molecular weight excluding hydrogens is 454 g/mol. The zero-order valence-electron chi connectivity index (χ0n) is 19.0. The lowest BCUT2D eigenvalue weighted by molar-refractivity contribution is -0.126. The van der Waals surface area contributed by atoms with Crippen LogP contribution in [0.1, 0.15) is 30.9 Å². The van der Waals surface area contributed by atoms with Gasteiger partial charge in [0.15, 0.2) is 11.5 Å². The molecule has 2 saturated heterocycles. The van der Waals surface area contributed by atoms with Crippen molar-refractivity contribution in [3.05, 3.63) is 65.6 Å². The van der Waals surface area contributed by atoms with Crippen molar-refractivity contribution in [3.63, 3.8) is 0 Å². The van der Waals surface area contributed by atoms with E-state index in [0.29, 0.717) is 35.2 Å². The summed E-state index contributed by atoms with van der Waals surface area (Å²) in [7, 11) is 0. The number of nitrogens with zero attached hydrogens (tertiary/aromatic N) is 2. The Morgan fingerprint density at radius 1 is 1.06 bits per heavy atom. The topological polar surface area (TPSA) is 74.3 Å². The molecule has 1 amide bonds. The van der Waals surface area contributed by atoms with Gasteiger partial charge in [0.05, 0.1) is 12.0 Å². The van der Waals surface area contributed by atoms with Crippen LogP contribution in [0, 0.1) is 5.92 Å². The molecule has 0 radical (unpaired) electrons. The van der Waals surface area contributed by atoms with Gasteiger partial charge < -0.3 is 29.7 Å². The van der Waals surface area contributed by atoms with Gasteiger partial charge >= 0.3 is 0 Å². The Morgan fingerprint density at radius 2 is 1.79 bits per heavy atom. The normalized spacial score (nSPS) is 21.5. The third-order valence-corrected chi connectivity index (χ3v) is 7.12. The van der Waals surface area contributed by atoms with Crippen LogP contribution in [0.15, 0.2) is 55.0 Å². The molecular formula is C26H30ClN3O4. The number of rotatable bonds is 7. The number of nitrogens with one attached hydrogen (secondary N) is 1. The van der Waals surface area contributed by atoms with E-state index in [1.165, 1.54) is 12.5 Å². The number of amides is 1. The largest absolute Gasteiger partial charge is 0.458 e. The summed E-state index contributed by atoms with van der Waals surface area (Å²) < 4.78 is 11.0. The van der Waals surface area contributed by atoms with E-state index in [4.69, 9.17) is 21.1 Å². The maximum absolute atomic E-state index is 13.3. The van der Waals surface area contributed by atoms with Gasteiger partial charge in [-0.3, -0.25) is 4.79 Å². The second-order valence-electron chi connectivity index (χ2n) is 9.19. The van der Waals surface area contributed by atoms with E-state index in [9.17, 15) is 9.90 Å². The zero-order valence-corrected chi connectivity index (χ0v) is 19.8. The Hall–Kier alpha value is -2.74. The highest BCUT2D eigenvalue weighted by atomic mass is 35.5. The summed E-state index contributed by atoms with van der Waals surface area (Å²) in [5, 5.41) is 15.2. The van der Waals surface area contributed by atoms with E-state index in [2.05, 4.69) is 15.1 Å². The van der Waals surface area contributed by atoms with Gasteiger partial charge in [-0.1, -0.05) is 17.7 Å². The predicted molar refractivity (Wildman–Crippen MR) is 131 cm³/mol. The molecule has 2 aromatic rings. The first kappa shape index (κ1) is 23.0. The number of hydrogen-bond donors (Lipinski definition) is 2. The summed E-state index contributed by atoms with van der Waals surface area (Å²) in [6, 6.07) is 12.7. The highest BCUT2D eigenvalue weighted by Gasteiger charge is 2.33. The van der Waals surface area contributed by atoms with E-state index in [-0.39, 0.29) is 11.8 Å². The number of likely N-dealkylation sites (tertiary alicyclic amines) is 1. The minimum absolute atomic E-state index is 0.0137. The van der Waals surface area contributed by atoms with Crippen LogP contribution in [-0.2, 0) is 4.79 Å². The molecule has 0 aromatic heterocycles. The van der Waals surface area contributed by atoms with Gasteiger partial charge in [0.2, 0.25) is 5.91 Å². The van der Waals surface area contributed by atoms with E-state index < -0.39 is 12.1 Å². The fourth-order valence-corrected chi connectivity index (χ4v) is 5.09. The minimum Gasteiger partial charge on any atom is -0.458 e. The molecule has 2 N–H and O–H groups in total. The van der Waals surface area contributed by atoms with E-state index in [0.717, 1.165) is 44.6 Å². The molecule has 180 valence electrons. The molecule has 34 heavy (non-hydrogen) atoms. The van der Waals surface area contributed by atoms with E-state index in [1.807, 2.05) is 30.3 Å². The Morgan fingerprint density at radius 3 is 2.56 bits per heavy atom. The highest BCUT2D eigenvalue weighted by Crippen LogP contribution is 2.34. The van der Waals surface area contributed by atoms with E-state index >= 15 is 0 Å². The molecule has 3 atom stereocenters. The van der Waals surface area contributed by atoms with Crippen LogP contribution < -0.4 is 19.7 Å². The van der Waals surface area contributed by atoms with Crippen molar-refractivity contribution in [2.75, 3.05) is 37.6 Å². The summed E-state index contributed by atoms with van der Waals surface area (Å²) in [5.74, 6) is 1.01. The summed E-state index contributed by atoms with van der Waals surface area (Å²) in [6.07, 6.45) is 5.14. The minimum atomic E-state index is -0.863. The molecule has 3 unspecified atom stereocenters. The van der Waals surface area contributed by atoms with Crippen molar-refractivity contribution in [2.45, 2.75) is 31.4 Å². The molecule has 0 saturated carbocycles. The molecule has 3 aliphatic heterocycles. The maximum atomic E-state index is 13.3. The SMILES string of the molecule is O=C(NC(CN1CCCC1)C(O)c1ccc2c(c1)OC=CO2)C1CCN(c2ccc(Cl)cc2)C1. The molecule has 2 aromatic carbocycles. The Balaban J connectivity index is 1.28. The van der Waals surface area contributed by atoms with Gasteiger partial charge in [0.1, 0.15) is 18.6 Å². The summed E-state index contributed by atoms with van der Waals surface area (Å²) in [4.78, 5) is 17.8. The first-order valence-corrected chi connectivity index (χ1v) is 12.3. The lowest BCUT2D eigenvalue weighted by atomic mass is 9.99. The van der Waals surface area contributed by atoms with Crippen LogP contribution in [0.4, 0.5) is 5.69 Å². The molecule has 3 heterocycles. The van der Waals surface area contributed by atoms with Gasteiger partial charge in [-0.15, -0.1) is 0 Å². The van der Waals surface area contributed by atoms with Gasteiger partial charge in [-0.25, -0.2) is 0 Å². The van der Waals surface area contributed by atoms with Crippen molar-refractivity contribution in [3.8, 4) is 11.5 Å². The standard InChI is InChI=1S/C26H30ClN3O4/c27-20-4-6-21(7-5-20)30-12-9-19(16-30)26(32)28-22(17-29-10-1-2-11-29)25(31)18-3-8-23-24(15-18)34-14-13-33-23/h3-8,13-15,19,22,25,31H,1-2,9-12,16-17H2,(H,28,32). The number of benzene rings is 2. The molecule has 0 aliphatic carbocycles. The number of fused-ring (bicyclic) bond motifs is 1. The van der Waals surface area contributed by atoms with Crippen molar-refractivity contribution < 1.29 is 19.4 Å². The van der Waals surface area contributed by atoms with E-state index in [1.54, 1.807) is 12.1 Å². The Bertz CT molecular complexity index is 1040. The monoisotopic (exact) mass is 483 g/mol. The average Bonchev–Trinajstić information content (AvgIpc) is 3.56. The lowest BCUT2D eigenvalue weighted by Gasteiger charge is -2.30. The lowest BCUT2D eigenvalue weighted by Crippen LogP contribution is -2.48. The molecule has 2 fully saturated rings. The van der Waals surface area contributed by atoms with Gasteiger partial charge in [-0.05, 0) is 74.3 Å². The van der Waals surface area contributed by atoms with Crippen LogP contribution >= 0.6 is 11.6 Å². The fraction of sp³-hybridized carbons (Fsp3) is 0.423. The smallest absolute Gasteiger partial charge is 0.225 e. The van der Waals surface area contributed by atoms with Crippen LogP contribution in [-0.4, -0.2) is 54.7 Å². The predicted octanol–water partition coefficient (Wildman–Crippen LogP) is 3.72. The van der Waals surface area contributed by atoms with Crippen molar-refractivity contribution in [1.29, 1.82) is 0 Å². The number of aliphatic hydroxyl groups is 1. The summed E-state index contributed by atoms with van der Waals surface area (Å²) in [5.41, 5.74) is 1.76. The highest BCUT2D eigenvalue weighted by molar-refractivity contribution is 6.30. The number of carbonyl (C=O) groups excluding carboxylic acids is 1. The second kappa shape index (κ2) is 10.3. The van der Waals surface area contributed by atoms with Gasteiger partial charge in [-0.2, -0.15) is 0 Å². The summed E-state index contributed by atoms with van der Waals surface area (Å²) in [6.45, 7) is 4.04. The molecule has 0 bridgehead atoms. The maximum Gasteiger partial charge on any atom is 0.225 e. The fourth-order valence-electron chi connectivity index (χ4n) is 4.96. The molecule has 0 spiro atoms. The van der Waals surface area contributed by atoms with Crippen molar-refractivity contribution in [1.82, 2.24) is 10.2 Å². The second-order valence-corrected chi connectivity index (χ2v) is 9.63. The third kappa shape index (κ3) is 5.17. The molecule has 5 rings (SSSR count). The third-order valence-electron chi connectivity index (χ3n) is 6.87. The van der Waals surface area contributed by atoms with Crippen LogP contribution in [0.3, 0.4) is 0 Å². The number of halogens is 1. The van der Waals surface area contributed by atoms with Gasteiger partial charge in [0.25, 0.3) is 0 Å². The number of aliphatic hydroxyl groups excluding tert-OH is 1. The first-order valence-electron chi connectivity index (χ1n) is 11.9. The number of carbonyl (C=O) groups is 1. The average molecular weight is 484 g/mol. The Labute approximate surface area is 204 Å². The zero-order chi connectivity index (χ0) is 23.5. The number of anilines is 1. The molecule has 7 nitrogen and oxygen atoms in total. The van der Waals surface area contributed by atoms with Crippen molar-refractivity contribution in [2.24, 2.45) is 5.92 Å². The van der Waals surface area contributed by atoms with Crippen LogP contribution in [0.2, 0.25) is 5.02 Å². The van der Waals surface area contributed by atoms with Crippen LogP contribution in [0.5, 0.6) is 11.5 Å². The van der Waals surface area contributed by atoms with Crippen LogP contribution in [0.25, 0.3) is 0 Å². The number of ether oxygens (including phenoxy) is 2. The van der Waals surface area contributed by atoms with Gasteiger partial charge in [0, 0.05) is 30.3 Å². The van der Waals surface area contributed by atoms with Crippen molar-refractivity contribution >= 4 is 23.2 Å².